The van der Waals surface area contributed by atoms with Gasteiger partial charge in [-0.1, -0.05) is 36.8 Å². The van der Waals surface area contributed by atoms with E-state index in [-0.39, 0.29) is 21.3 Å². The third kappa shape index (κ3) is 5.65. The highest BCUT2D eigenvalue weighted by atomic mass is 32.1. The number of unbranched alkanes of at least 4 members (excludes halogenated alkanes) is 1. The standard InChI is InChI=1S/C29H30N2O7S/c1-5-7-15-38-21-10-8-9-19(16-21)23-22(24(32)18-11-13-20(14-12-18)37-6-2)25(33)27(34)31(23)29-30-17(3)26(39-29)28(35)36-4/h8-14,16,23,32H,5-7,15H2,1-4H3. The van der Waals surface area contributed by atoms with E-state index in [9.17, 15) is 19.5 Å². The Bertz CT molecular complexity index is 1410. The van der Waals surface area contributed by atoms with Crippen LogP contribution in [-0.4, -0.2) is 48.1 Å². The quantitative estimate of drug-likeness (QED) is 0.117. The SMILES string of the molecule is CCCCOc1cccc(C2C(=C(O)c3ccc(OCC)cc3)C(=O)C(=O)N2c2nc(C)c(C(=O)OC)s2)c1. The molecule has 1 saturated heterocycles. The van der Waals surface area contributed by atoms with E-state index in [0.717, 1.165) is 24.2 Å². The van der Waals surface area contributed by atoms with Gasteiger partial charge in [0, 0.05) is 5.56 Å². The number of aryl methyl sites for hydroxylation is 1. The zero-order chi connectivity index (χ0) is 28.1. The minimum Gasteiger partial charge on any atom is -0.507 e. The zero-order valence-corrected chi connectivity index (χ0v) is 23.0. The number of carbonyl (C=O) groups is 3. The number of rotatable bonds is 10. The Hall–Kier alpha value is -4.18. The molecule has 2 heterocycles. The van der Waals surface area contributed by atoms with Crippen LogP contribution < -0.4 is 14.4 Å². The third-order valence-electron chi connectivity index (χ3n) is 6.19. The number of benzene rings is 2. The molecule has 1 amide bonds. The molecule has 3 aromatic rings. The number of aliphatic hydroxyl groups excluding tert-OH is 1. The molecule has 1 aliphatic heterocycles. The Balaban J connectivity index is 1.86. The summed E-state index contributed by atoms with van der Waals surface area (Å²) in [6, 6.07) is 12.6. The largest absolute Gasteiger partial charge is 0.507 e. The molecule has 9 nitrogen and oxygen atoms in total. The van der Waals surface area contributed by atoms with Crippen LogP contribution in [0, 0.1) is 6.92 Å². The van der Waals surface area contributed by atoms with Gasteiger partial charge in [0.15, 0.2) is 5.13 Å². The lowest BCUT2D eigenvalue weighted by Gasteiger charge is -2.23. The summed E-state index contributed by atoms with van der Waals surface area (Å²) in [5.74, 6) is -1.48. The first-order chi connectivity index (χ1) is 18.8. The maximum Gasteiger partial charge on any atom is 0.350 e. The summed E-state index contributed by atoms with van der Waals surface area (Å²) in [5, 5.41) is 11.5. The lowest BCUT2D eigenvalue weighted by atomic mass is 9.95. The summed E-state index contributed by atoms with van der Waals surface area (Å²) in [5.41, 5.74) is 1.17. The van der Waals surface area contributed by atoms with Crippen molar-refractivity contribution in [3.8, 4) is 11.5 Å². The highest BCUT2D eigenvalue weighted by Crippen LogP contribution is 2.44. The van der Waals surface area contributed by atoms with E-state index >= 15 is 0 Å². The van der Waals surface area contributed by atoms with E-state index in [1.54, 1.807) is 55.5 Å². The minimum atomic E-state index is -1.01. The number of carbonyl (C=O) groups excluding carboxylic acids is 3. The second-order valence-corrected chi connectivity index (χ2v) is 9.78. The molecule has 0 aliphatic carbocycles. The maximum atomic E-state index is 13.5. The van der Waals surface area contributed by atoms with E-state index < -0.39 is 23.7 Å². The molecule has 10 heteroatoms. The van der Waals surface area contributed by atoms with Crippen molar-refractivity contribution in [2.24, 2.45) is 0 Å². The van der Waals surface area contributed by atoms with Gasteiger partial charge in [-0.05, 0) is 62.2 Å². The molecule has 1 aliphatic rings. The second-order valence-electron chi connectivity index (χ2n) is 8.80. The van der Waals surface area contributed by atoms with Crippen molar-refractivity contribution >= 4 is 39.9 Å². The van der Waals surface area contributed by atoms with Gasteiger partial charge in [-0.15, -0.1) is 0 Å². The smallest absolute Gasteiger partial charge is 0.350 e. The van der Waals surface area contributed by atoms with Crippen molar-refractivity contribution in [2.75, 3.05) is 25.2 Å². The molecule has 0 saturated carbocycles. The number of thiazole rings is 1. The number of ketones is 1. The molecule has 1 unspecified atom stereocenters. The first-order valence-electron chi connectivity index (χ1n) is 12.6. The lowest BCUT2D eigenvalue weighted by Crippen LogP contribution is -2.29. The number of methoxy groups -OCH3 is 1. The summed E-state index contributed by atoms with van der Waals surface area (Å²) in [4.78, 5) is 45.0. The molecule has 39 heavy (non-hydrogen) atoms. The fourth-order valence-electron chi connectivity index (χ4n) is 4.25. The normalized spacial score (nSPS) is 16.4. The van der Waals surface area contributed by atoms with Gasteiger partial charge < -0.3 is 19.3 Å². The van der Waals surface area contributed by atoms with E-state index in [2.05, 4.69) is 11.9 Å². The number of nitrogens with zero attached hydrogens (tertiary/aromatic N) is 2. The third-order valence-corrected chi connectivity index (χ3v) is 7.32. The van der Waals surface area contributed by atoms with Crippen LogP contribution in [0.2, 0.25) is 0 Å². The molecule has 4 rings (SSSR count). The fourth-order valence-corrected chi connectivity index (χ4v) is 5.26. The van der Waals surface area contributed by atoms with Crippen molar-refractivity contribution in [1.29, 1.82) is 0 Å². The van der Waals surface area contributed by atoms with Crippen LogP contribution in [0.3, 0.4) is 0 Å². The van der Waals surface area contributed by atoms with Crippen molar-refractivity contribution in [3.05, 3.63) is 75.8 Å². The average molecular weight is 551 g/mol. The molecule has 1 atom stereocenters. The average Bonchev–Trinajstić information content (AvgIpc) is 3.45. The first kappa shape index (κ1) is 27.8. The summed E-state index contributed by atoms with van der Waals surface area (Å²) < 4.78 is 16.2. The van der Waals surface area contributed by atoms with E-state index in [1.807, 2.05) is 6.92 Å². The molecule has 0 bridgehead atoms. The van der Waals surface area contributed by atoms with Gasteiger partial charge >= 0.3 is 11.9 Å². The van der Waals surface area contributed by atoms with Gasteiger partial charge in [-0.2, -0.15) is 0 Å². The monoisotopic (exact) mass is 550 g/mol. The van der Waals surface area contributed by atoms with E-state index in [1.165, 1.54) is 12.0 Å². The number of aliphatic hydroxyl groups is 1. The Labute approximate surface area is 230 Å². The van der Waals surface area contributed by atoms with Crippen LogP contribution in [0.5, 0.6) is 11.5 Å². The van der Waals surface area contributed by atoms with Crippen LogP contribution in [0.1, 0.15) is 59.2 Å². The predicted molar refractivity (Wildman–Crippen MR) is 147 cm³/mol. The minimum absolute atomic E-state index is 0.0951. The van der Waals surface area contributed by atoms with Crippen molar-refractivity contribution in [2.45, 2.75) is 39.7 Å². The molecule has 1 fully saturated rings. The second kappa shape index (κ2) is 12.1. The van der Waals surface area contributed by atoms with Crippen molar-refractivity contribution < 1.29 is 33.7 Å². The Morgan fingerprint density at radius 3 is 2.49 bits per heavy atom. The Morgan fingerprint density at radius 1 is 1.08 bits per heavy atom. The van der Waals surface area contributed by atoms with Gasteiger partial charge in [-0.3, -0.25) is 14.5 Å². The summed E-state index contributed by atoms with van der Waals surface area (Å²) in [6.45, 7) is 6.54. The predicted octanol–water partition coefficient (Wildman–Crippen LogP) is 5.44. The number of ether oxygens (including phenoxy) is 3. The van der Waals surface area contributed by atoms with Crippen LogP contribution >= 0.6 is 11.3 Å². The van der Waals surface area contributed by atoms with Gasteiger partial charge in [0.1, 0.15) is 22.1 Å². The van der Waals surface area contributed by atoms with E-state index in [0.29, 0.717) is 41.5 Å². The Kier molecular flexibility index (Phi) is 8.65. The van der Waals surface area contributed by atoms with Gasteiger partial charge in [0.2, 0.25) is 0 Å². The zero-order valence-electron chi connectivity index (χ0n) is 22.2. The number of esters is 1. The first-order valence-corrected chi connectivity index (χ1v) is 13.4. The number of aromatic nitrogens is 1. The number of anilines is 1. The molecule has 0 spiro atoms. The number of Topliss-reactive ketones (excluding diaryl/α,β-unsaturated/α-hetero) is 1. The highest BCUT2D eigenvalue weighted by molar-refractivity contribution is 7.17. The topological polar surface area (TPSA) is 115 Å². The van der Waals surface area contributed by atoms with Crippen LogP contribution in [0.25, 0.3) is 5.76 Å². The molecule has 1 aromatic heterocycles. The molecule has 0 radical (unpaired) electrons. The van der Waals surface area contributed by atoms with Crippen LogP contribution in [-0.2, 0) is 14.3 Å². The number of amides is 1. The molecule has 2 aromatic carbocycles. The summed E-state index contributed by atoms with van der Waals surface area (Å²) >= 11 is 0.947. The fraction of sp³-hybridized carbons (Fsp3) is 0.310. The lowest BCUT2D eigenvalue weighted by molar-refractivity contribution is -0.132. The van der Waals surface area contributed by atoms with Crippen LogP contribution in [0.15, 0.2) is 54.1 Å². The van der Waals surface area contributed by atoms with E-state index in [4.69, 9.17) is 14.2 Å². The van der Waals surface area contributed by atoms with Crippen molar-refractivity contribution in [3.63, 3.8) is 0 Å². The van der Waals surface area contributed by atoms with Crippen molar-refractivity contribution in [1.82, 2.24) is 4.98 Å². The highest BCUT2D eigenvalue weighted by Gasteiger charge is 2.48. The molecular formula is C29H30N2O7S. The maximum absolute atomic E-state index is 13.5. The van der Waals surface area contributed by atoms with Crippen LogP contribution in [0.4, 0.5) is 5.13 Å². The van der Waals surface area contributed by atoms with Gasteiger partial charge in [0.25, 0.3) is 5.78 Å². The molecule has 204 valence electrons. The molecular weight excluding hydrogens is 520 g/mol. The van der Waals surface area contributed by atoms with Gasteiger partial charge in [0.05, 0.1) is 37.6 Å². The number of hydrogen-bond acceptors (Lipinski definition) is 9. The summed E-state index contributed by atoms with van der Waals surface area (Å²) in [7, 11) is 1.26. The molecule has 1 N–H and O–H groups in total. The Morgan fingerprint density at radius 2 is 1.82 bits per heavy atom. The summed E-state index contributed by atoms with van der Waals surface area (Å²) in [6.07, 6.45) is 1.84. The number of hydrogen-bond donors (Lipinski definition) is 1. The van der Waals surface area contributed by atoms with Gasteiger partial charge in [-0.25, -0.2) is 9.78 Å².